The molecule has 1 saturated carbocycles. The average molecular weight is 260 g/mol. The molecule has 0 radical (unpaired) electrons. The zero-order chi connectivity index (χ0) is 12.4. The summed E-state index contributed by atoms with van der Waals surface area (Å²) in [6.07, 6.45) is 4.11. The van der Waals surface area contributed by atoms with Crippen molar-refractivity contribution in [3.05, 3.63) is 35.4 Å². The maximum Gasteiger partial charge on any atom is 0.157 e. The summed E-state index contributed by atoms with van der Waals surface area (Å²) in [4.78, 5) is 4.72. The van der Waals surface area contributed by atoms with Crippen molar-refractivity contribution in [2.75, 3.05) is 5.75 Å². The van der Waals surface area contributed by atoms with Gasteiger partial charge in [0.1, 0.15) is 0 Å². The van der Waals surface area contributed by atoms with Crippen LogP contribution in [0.3, 0.4) is 0 Å². The molecule has 18 heavy (non-hydrogen) atoms. The number of nitrogens with zero attached hydrogens (tertiary/aromatic N) is 1. The van der Waals surface area contributed by atoms with E-state index in [1.807, 2.05) is 11.8 Å². The van der Waals surface area contributed by atoms with Gasteiger partial charge < -0.3 is 5.32 Å². The van der Waals surface area contributed by atoms with E-state index in [9.17, 15) is 0 Å². The van der Waals surface area contributed by atoms with Gasteiger partial charge in [0.2, 0.25) is 0 Å². The van der Waals surface area contributed by atoms with Crippen molar-refractivity contribution in [2.24, 2.45) is 10.9 Å². The fourth-order valence-electron chi connectivity index (χ4n) is 2.88. The molecule has 3 heteroatoms. The minimum atomic E-state index is 0.697. The molecule has 1 aromatic carbocycles. The first-order valence-electron chi connectivity index (χ1n) is 6.80. The van der Waals surface area contributed by atoms with Gasteiger partial charge in [0.05, 0.1) is 6.54 Å². The number of rotatable bonds is 2. The van der Waals surface area contributed by atoms with Gasteiger partial charge in [-0.15, -0.1) is 0 Å². The first kappa shape index (κ1) is 12.1. The number of aliphatic imine (C=N–C) groups is 1. The Labute approximate surface area is 113 Å². The molecule has 2 atom stereocenters. The first-order chi connectivity index (χ1) is 8.81. The molecule has 1 aromatic rings. The zero-order valence-electron chi connectivity index (χ0n) is 10.9. The largest absolute Gasteiger partial charge is 0.362 e. The lowest BCUT2D eigenvalue weighted by molar-refractivity contribution is 0.489. The summed E-state index contributed by atoms with van der Waals surface area (Å²) in [7, 11) is 0. The Morgan fingerprint density at radius 2 is 2.33 bits per heavy atom. The molecule has 1 N–H and O–H groups in total. The molecule has 2 fully saturated rings. The van der Waals surface area contributed by atoms with Crippen molar-refractivity contribution in [3.63, 3.8) is 0 Å². The second-order valence-corrected chi connectivity index (χ2v) is 6.37. The second kappa shape index (κ2) is 5.35. The van der Waals surface area contributed by atoms with E-state index in [2.05, 4.69) is 36.5 Å². The molecule has 0 bridgehead atoms. The molecule has 1 aliphatic heterocycles. The molecule has 1 heterocycles. The minimum Gasteiger partial charge on any atom is -0.362 e. The number of hydrogen-bond donors (Lipinski definition) is 1. The van der Waals surface area contributed by atoms with Gasteiger partial charge in [-0.2, -0.15) is 0 Å². The van der Waals surface area contributed by atoms with Crippen molar-refractivity contribution in [1.29, 1.82) is 0 Å². The van der Waals surface area contributed by atoms with E-state index < -0.39 is 0 Å². The molecule has 0 amide bonds. The van der Waals surface area contributed by atoms with E-state index in [0.717, 1.165) is 17.6 Å². The fourth-order valence-corrected chi connectivity index (χ4v) is 4.04. The van der Waals surface area contributed by atoms with E-state index in [-0.39, 0.29) is 0 Å². The van der Waals surface area contributed by atoms with Crippen LogP contribution in [0.2, 0.25) is 0 Å². The third-order valence-electron chi connectivity index (χ3n) is 3.89. The van der Waals surface area contributed by atoms with Crippen LogP contribution in [0.5, 0.6) is 0 Å². The lowest BCUT2D eigenvalue weighted by Crippen LogP contribution is -2.41. The van der Waals surface area contributed by atoms with Crippen LogP contribution < -0.4 is 5.32 Å². The monoisotopic (exact) mass is 260 g/mol. The Morgan fingerprint density at radius 1 is 1.39 bits per heavy atom. The van der Waals surface area contributed by atoms with Crippen LogP contribution in [0.15, 0.2) is 29.3 Å². The maximum absolute atomic E-state index is 4.72. The lowest BCUT2D eigenvalue weighted by Gasteiger charge is -2.28. The summed E-state index contributed by atoms with van der Waals surface area (Å²) in [6, 6.07) is 9.31. The lowest BCUT2D eigenvalue weighted by atomic mass is 10.1. The Morgan fingerprint density at radius 3 is 3.22 bits per heavy atom. The third-order valence-corrected chi connectivity index (χ3v) is 5.01. The molecular weight excluding hydrogens is 240 g/mol. The first-order valence-corrected chi connectivity index (χ1v) is 7.79. The molecule has 0 spiro atoms. The zero-order valence-corrected chi connectivity index (χ0v) is 11.7. The van der Waals surface area contributed by atoms with E-state index in [1.165, 1.54) is 36.1 Å². The van der Waals surface area contributed by atoms with E-state index >= 15 is 0 Å². The predicted molar refractivity (Wildman–Crippen MR) is 79.0 cm³/mol. The standard InChI is InChI=1S/C15H20N2S/c1-11-4-2-5-12(8-11)9-16-15-17-14-7-3-6-13(14)10-18-15/h2,4-5,8,13-14H,3,6-7,9-10H2,1H3,(H,16,17). The van der Waals surface area contributed by atoms with Crippen LogP contribution in [0.4, 0.5) is 0 Å². The van der Waals surface area contributed by atoms with E-state index in [4.69, 9.17) is 4.99 Å². The summed E-state index contributed by atoms with van der Waals surface area (Å²) in [5.41, 5.74) is 2.62. The highest BCUT2D eigenvalue weighted by molar-refractivity contribution is 8.13. The number of fused-ring (bicyclic) bond motifs is 1. The molecular formula is C15H20N2S. The molecule has 0 aromatic heterocycles. The Bertz CT molecular complexity index is 456. The maximum atomic E-state index is 4.72. The highest BCUT2D eigenvalue weighted by Crippen LogP contribution is 2.32. The summed E-state index contributed by atoms with van der Waals surface area (Å²) in [5.74, 6) is 2.14. The number of benzene rings is 1. The molecule has 1 aliphatic carbocycles. The van der Waals surface area contributed by atoms with E-state index in [1.54, 1.807) is 0 Å². The van der Waals surface area contributed by atoms with Crippen LogP contribution in [-0.2, 0) is 6.54 Å². The van der Waals surface area contributed by atoms with Gasteiger partial charge in [-0.05, 0) is 31.2 Å². The van der Waals surface area contributed by atoms with Crippen LogP contribution in [0, 0.1) is 12.8 Å². The normalized spacial score (nSPS) is 29.1. The third kappa shape index (κ3) is 2.72. The molecule has 2 aliphatic rings. The second-order valence-electron chi connectivity index (χ2n) is 5.36. The number of aryl methyl sites for hydroxylation is 1. The Hall–Kier alpha value is -0.960. The number of thioether (sulfide) groups is 1. The van der Waals surface area contributed by atoms with Gasteiger partial charge in [0.15, 0.2) is 5.17 Å². The highest BCUT2D eigenvalue weighted by atomic mass is 32.2. The number of amidine groups is 1. The average Bonchev–Trinajstić information content (AvgIpc) is 2.84. The fraction of sp³-hybridized carbons (Fsp3) is 0.533. The molecule has 3 rings (SSSR count). The van der Waals surface area contributed by atoms with Crippen molar-refractivity contribution >= 4 is 16.9 Å². The van der Waals surface area contributed by atoms with Crippen LogP contribution in [0.25, 0.3) is 0 Å². The van der Waals surface area contributed by atoms with Crippen LogP contribution in [-0.4, -0.2) is 17.0 Å². The van der Waals surface area contributed by atoms with Gasteiger partial charge >= 0.3 is 0 Å². The SMILES string of the molecule is Cc1cccc(CN=C2NC3CCCC3CS2)c1. The summed E-state index contributed by atoms with van der Waals surface area (Å²) in [5, 5.41) is 4.77. The molecule has 1 saturated heterocycles. The van der Waals surface area contributed by atoms with Crippen molar-refractivity contribution in [2.45, 2.75) is 38.8 Å². The predicted octanol–water partition coefficient (Wildman–Crippen LogP) is 3.36. The topological polar surface area (TPSA) is 24.4 Å². The summed E-state index contributed by atoms with van der Waals surface area (Å²) < 4.78 is 0. The summed E-state index contributed by atoms with van der Waals surface area (Å²) >= 11 is 1.90. The van der Waals surface area contributed by atoms with Gasteiger partial charge in [-0.1, -0.05) is 48.0 Å². The van der Waals surface area contributed by atoms with Crippen molar-refractivity contribution in [1.82, 2.24) is 5.32 Å². The van der Waals surface area contributed by atoms with Crippen molar-refractivity contribution in [3.8, 4) is 0 Å². The molecule has 96 valence electrons. The number of hydrogen-bond acceptors (Lipinski definition) is 2. The number of nitrogens with one attached hydrogen (secondary N) is 1. The minimum absolute atomic E-state index is 0.697. The quantitative estimate of drug-likeness (QED) is 0.882. The van der Waals surface area contributed by atoms with Gasteiger partial charge in [-0.25, -0.2) is 0 Å². The highest BCUT2D eigenvalue weighted by Gasteiger charge is 2.31. The van der Waals surface area contributed by atoms with Gasteiger partial charge in [-0.3, -0.25) is 4.99 Å². The molecule has 2 unspecified atom stereocenters. The van der Waals surface area contributed by atoms with Crippen LogP contribution >= 0.6 is 11.8 Å². The van der Waals surface area contributed by atoms with Crippen molar-refractivity contribution < 1.29 is 0 Å². The smallest absolute Gasteiger partial charge is 0.157 e. The van der Waals surface area contributed by atoms with Gasteiger partial charge in [0, 0.05) is 11.8 Å². The Balaban J connectivity index is 1.63. The van der Waals surface area contributed by atoms with E-state index in [0.29, 0.717) is 6.04 Å². The Kier molecular flexibility index (Phi) is 3.59. The van der Waals surface area contributed by atoms with Gasteiger partial charge in [0.25, 0.3) is 0 Å². The summed E-state index contributed by atoms with van der Waals surface area (Å²) in [6.45, 7) is 2.93. The molecule has 2 nitrogen and oxygen atoms in total. The van der Waals surface area contributed by atoms with Crippen LogP contribution in [0.1, 0.15) is 30.4 Å².